The van der Waals surface area contributed by atoms with Gasteiger partial charge in [0.25, 0.3) is 0 Å². The van der Waals surface area contributed by atoms with E-state index in [4.69, 9.17) is 10.00 Å². The van der Waals surface area contributed by atoms with E-state index in [0.717, 1.165) is 17.7 Å². The molecule has 3 heteroatoms. The zero-order chi connectivity index (χ0) is 11.9. The molecule has 0 aliphatic carbocycles. The van der Waals surface area contributed by atoms with Crippen LogP contribution in [-0.2, 0) is 12.8 Å². The summed E-state index contributed by atoms with van der Waals surface area (Å²) in [6.45, 7) is 0.693. The average molecular weight is 243 g/mol. The number of ether oxygens (including phenoxy) is 1. The molecule has 0 unspecified atom stereocenters. The Hall–Kier alpha value is -1.79. The number of nitriles is 1. The number of nitrogens with zero attached hydrogens (tertiary/aromatic N) is 1. The average Bonchev–Trinajstić information content (AvgIpc) is 2.85. The lowest BCUT2D eigenvalue weighted by atomic mass is 10.2. The summed E-state index contributed by atoms with van der Waals surface area (Å²) in [6, 6.07) is 14.0. The van der Waals surface area contributed by atoms with Crippen molar-refractivity contribution in [3.63, 3.8) is 0 Å². The fourth-order valence-electron chi connectivity index (χ4n) is 1.52. The summed E-state index contributed by atoms with van der Waals surface area (Å²) >= 11 is 1.75. The summed E-state index contributed by atoms with van der Waals surface area (Å²) in [4.78, 5) is 1.34. The van der Waals surface area contributed by atoms with E-state index in [9.17, 15) is 0 Å². The first-order valence-corrected chi connectivity index (χ1v) is 6.37. The highest BCUT2D eigenvalue weighted by molar-refractivity contribution is 7.09. The van der Waals surface area contributed by atoms with E-state index >= 15 is 0 Å². The van der Waals surface area contributed by atoms with E-state index in [2.05, 4.69) is 23.6 Å². The van der Waals surface area contributed by atoms with Crippen molar-refractivity contribution in [2.45, 2.75) is 12.8 Å². The number of benzene rings is 1. The van der Waals surface area contributed by atoms with E-state index in [1.807, 2.05) is 24.3 Å². The first kappa shape index (κ1) is 11.7. The molecular formula is C14H13NOS. The Kier molecular flexibility index (Phi) is 4.17. The number of rotatable bonds is 5. The van der Waals surface area contributed by atoms with Gasteiger partial charge in [0, 0.05) is 11.3 Å². The summed E-state index contributed by atoms with van der Waals surface area (Å²) in [5, 5.41) is 10.6. The third-order valence-electron chi connectivity index (χ3n) is 2.40. The predicted octanol–water partition coefficient (Wildman–Crippen LogP) is 3.44. The molecule has 1 heterocycles. The normalized spacial score (nSPS) is 9.82. The fourth-order valence-corrected chi connectivity index (χ4v) is 2.21. The maximum atomic E-state index is 8.56. The van der Waals surface area contributed by atoms with Gasteiger partial charge in [0.1, 0.15) is 5.75 Å². The fraction of sp³-hybridized carbons (Fsp3) is 0.214. The van der Waals surface area contributed by atoms with Gasteiger partial charge >= 0.3 is 0 Å². The molecule has 1 aromatic heterocycles. The Morgan fingerprint density at radius 3 is 2.65 bits per heavy atom. The van der Waals surface area contributed by atoms with Crippen LogP contribution in [0.1, 0.15) is 10.4 Å². The molecule has 0 amide bonds. The molecule has 0 saturated carbocycles. The summed E-state index contributed by atoms with van der Waals surface area (Å²) in [7, 11) is 0. The summed E-state index contributed by atoms with van der Waals surface area (Å²) < 4.78 is 5.64. The van der Waals surface area contributed by atoms with Crippen LogP contribution in [0, 0.1) is 11.3 Å². The number of thiophene rings is 1. The van der Waals surface area contributed by atoms with Gasteiger partial charge in [-0.15, -0.1) is 11.3 Å². The molecule has 0 aliphatic rings. The van der Waals surface area contributed by atoms with E-state index in [1.165, 1.54) is 4.88 Å². The highest BCUT2D eigenvalue weighted by Crippen LogP contribution is 2.14. The van der Waals surface area contributed by atoms with Gasteiger partial charge in [-0.25, -0.2) is 0 Å². The van der Waals surface area contributed by atoms with E-state index in [0.29, 0.717) is 13.0 Å². The van der Waals surface area contributed by atoms with Crippen LogP contribution < -0.4 is 4.74 Å². The van der Waals surface area contributed by atoms with Gasteiger partial charge in [-0.05, 0) is 29.1 Å². The maximum Gasteiger partial charge on any atom is 0.119 e. The molecule has 0 saturated heterocycles. The molecule has 0 spiro atoms. The van der Waals surface area contributed by atoms with Crippen LogP contribution in [-0.4, -0.2) is 6.61 Å². The van der Waals surface area contributed by atoms with Gasteiger partial charge in [-0.3, -0.25) is 0 Å². The molecular weight excluding hydrogens is 230 g/mol. The van der Waals surface area contributed by atoms with Gasteiger partial charge in [0.15, 0.2) is 0 Å². The summed E-state index contributed by atoms with van der Waals surface area (Å²) in [5.41, 5.74) is 1.03. The number of hydrogen-bond donors (Lipinski definition) is 0. The minimum Gasteiger partial charge on any atom is -0.493 e. The second-order valence-electron chi connectivity index (χ2n) is 3.66. The first-order chi connectivity index (χ1) is 8.38. The van der Waals surface area contributed by atoms with Gasteiger partial charge < -0.3 is 4.74 Å². The first-order valence-electron chi connectivity index (χ1n) is 5.49. The molecule has 2 aromatic rings. The van der Waals surface area contributed by atoms with Crippen LogP contribution >= 0.6 is 11.3 Å². The molecule has 1 aromatic carbocycles. The van der Waals surface area contributed by atoms with Crippen molar-refractivity contribution in [3.05, 3.63) is 52.2 Å². The monoisotopic (exact) mass is 243 g/mol. The Balaban J connectivity index is 1.81. The van der Waals surface area contributed by atoms with Gasteiger partial charge in [-0.1, -0.05) is 18.2 Å². The van der Waals surface area contributed by atoms with Gasteiger partial charge in [-0.2, -0.15) is 5.26 Å². The molecule has 86 valence electrons. The maximum absolute atomic E-state index is 8.56. The smallest absolute Gasteiger partial charge is 0.119 e. The minimum atomic E-state index is 0.454. The van der Waals surface area contributed by atoms with Crippen molar-refractivity contribution in [1.82, 2.24) is 0 Å². The third-order valence-corrected chi connectivity index (χ3v) is 3.34. The van der Waals surface area contributed by atoms with E-state index in [1.54, 1.807) is 11.3 Å². The lowest BCUT2D eigenvalue weighted by molar-refractivity contribution is 0.323. The molecule has 0 aliphatic heterocycles. The van der Waals surface area contributed by atoms with E-state index < -0.39 is 0 Å². The highest BCUT2D eigenvalue weighted by atomic mass is 32.1. The zero-order valence-corrected chi connectivity index (χ0v) is 10.2. The lowest BCUT2D eigenvalue weighted by Gasteiger charge is -2.05. The lowest BCUT2D eigenvalue weighted by Crippen LogP contribution is -1.99. The Labute approximate surface area is 105 Å². The third kappa shape index (κ3) is 3.61. The standard InChI is InChI=1S/C14H13NOS/c15-9-7-12-3-5-13(6-4-12)16-10-8-14-2-1-11-17-14/h1-6,11H,7-8,10H2. The van der Waals surface area contributed by atoms with Crippen molar-refractivity contribution < 1.29 is 4.74 Å². The van der Waals surface area contributed by atoms with Crippen LogP contribution in [0.3, 0.4) is 0 Å². The van der Waals surface area contributed by atoms with Crippen molar-refractivity contribution in [3.8, 4) is 11.8 Å². The second kappa shape index (κ2) is 6.07. The zero-order valence-electron chi connectivity index (χ0n) is 9.43. The predicted molar refractivity (Wildman–Crippen MR) is 69.3 cm³/mol. The number of hydrogen-bond acceptors (Lipinski definition) is 3. The van der Waals surface area contributed by atoms with Crippen molar-refractivity contribution in [1.29, 1.82) is 5.26 Å². The molecule has 2 nitrogen and oxygen atoms in total. The minimum absolute atomic E-state index is 0.454. The van der Waals surface area contributed by atoms with Crippen LogP contribution in [0.15, 0.2) is 41.8 Å². The SMILES string of the molecule is N#CCc1ccc(OCCc2cccs2)cc1. The quantitative estimate of drug-likeness (QED) is 0.806. The van der Waals surface area contributed by atoms with Crippen LogP contribution in [0.2, 0.25) is 0 Å². The molecule has 17 heavy (non-hydrogen) atoms. The topological polar surface area (TPSA) is 33.0 Å². The van der Waals surface area contributed by atoms with Crippen LogP contribution in [0.25, 0.3) is 0 Å². The van der Waals surface area contributed by atoms with Crippen molar-refractivity contribution in [2.75, 3.05) is 6.61 Å². The summed E-state index contributed by atoms with van der Waals surface area (Å²) in [6.07, 6.45) is 1.40. The Morgan fingerprint density at radius 1 is 1.18 bits per heavy atom. The van der Waals surface area contributed by atoms with Crippen molar-refractivity contribution >= 4 is 11.3 Å². The molecule has 0 fully saturated rings. The van der Waals surface area contributed by atoms with E-state index in [-0.39, 0.29) is 0 Å². The second-order valence-corrected chi connectivity index (χ2v) is 4.69. The molecule has 0 bridgehead atoms. The summed E-state index contributed by atoms with van der Waals surface area (Å²) in [5.74, 6) is 0.864. The van der Waals surface area contributed by atoms with Gasteiger partial charge in [0.2, 0.25) is 0 Å². The van der Waals surface area contributed by atoms with Crippen LogP contribution in [0.4, 0.5) is 0 Å². The molecule has 2 rings (SSSR count). The van der Waals surface area contributed by atoms with Crippen LogP contribution in [0.5, 0.6) is 5.75 Å². The van der Waals surface area contributed by atoms with Gasteiger partial charge in [0.05, 0.1) is 19.1 Å². The Morgan fingerprint density at radius 2 is 2.00 bits per heavy atom. The molecule has 0 atom stereocenters. The molecule has 0 N–H and O–H groups in total. The molecule has 0 radical (unpaired) electrons. The largest absolute Gasteiger partial charge is 0.493 e. The Bertz CT molecular complexity index is 482. The highest BCUT2D eigenvalue weighted by Gasteiger charge is 1.97. The van der Waals surface area contributed by atoms with Crippen molar-refractivity contribution in [2.24, 2.45) is 0 Å².